The fourth-order valence-corrected chi connectivity index (χ4v) is 5.71. The molecule has 1 amide bonds. The molecule has 0 spiro atoms. The van der Waals surface area contributed by atoms with Crippen molar-refractivity contribution in [1.82, 2.24) is 19.8 Å². The van der Waals surface area contributed by atoms with Gasteiger partial charge in [0, 0.05) is 36.2 Å². The van der Waals surface area contributed by atoms with Crippen LogP contribution in [0.4, 0.5) is 10.1 Å². The molecule has 0 unspecified atom stereocenters. The zero-order valence-corrected chi connectivity index (χ0v) is 23.3. The Labute approximate surface area is 233 Å². The van der Waals surface area contributed by atoms with E-state index in [-0.39, 0.29) is 30.2 Å². The number of carbonyl (C=O) groups is 1. The van der Waals surface area contributed by atoms with Gasteiger partial charge in [0.15, 0.2) is 5.11 Å². The Kier molecular flexibility index (Phi) is 7.48. The van der Waals surface area contributed by atoms with Gasteiger partial charge in [-0.25, -0.2) is 4.39 Å². The van der Waals surface area contributed by atoms with E-state index in [0.717, 1.165) is 39.5 Å². The van der Waals surface area contributed by atoms with Crippen molar-refractivity contribution in [2.75, 3.05) is 11.9 Å². The molecular formula is C31H32FN5OS. The molecule has 2 N–H and O–H groups in total. The molecule has 5 rings (SSSR count). The summed E-state index contributed by atoms with van der Waals surface area (Å²) >= 11 is 5.80. The number of aryl methyl sites for hydroxylation is 3. The van der Waals surface area contributed by atoms with E-state index in [1.807, 2.05) is 74.7 Å². The third kappa shape index (κ3) is 5.29. The van der Waals surface area contributed by atoms with Gasteiger partial charge in [0.05, 0.1) is 23.5 Å². The van der Waals surface area contributed by atoms with Crippen LogP contribution in [0.2, 0.25) is 0 Å². The number of aromatic nitrogens is 2. The summed E-state index contributed by atoms with van der Waals surface area (Å²) in [6.45, 7) is 8.37. The molecule has 0 bridgehead atoms. The molecule has 2 aromatic carbocycles. The largest absolute Gasteiger partial charge is 0.352 e. The second kappa shape index (κ2) is 11.0. The quantitative estimate of drug-likeness (QED) is 0.271. The summed E-state index contributed by atoms with van der Waals surface area (Å²) in [6, 6.07) is 20.2. The lowest BCUT2D eigenvalue weighted by Gasteiger charge is -2.28. The van der Waals surface area contributed by atoms with Gasteiger partial charge in [-0.3, -0.25) is 9.78 Å². The second-order valence-corrected chi connectivity index (χ2v) is 10.4. The Hall–Kier alpha value is -4.04. The minimum Gasteiger partial charge on any atom is -0.352 e. The first kappa shape index (κ1) is 26.6. The van der Waals surface area contributed by atoms with Crippen molar-refractivity contribution >= 4 is 28.9 Å². The first-order chi connectivity index (χ1) is 18.7. The third-order valence-electron chi connectivity index (χ3n) is 7.33. The van der Waals surface area contributed by atoms with Crippen molar-refractivity contribution in [2.45, 2.75) is 46.2 Å². The lowest BCUT2D eigenvalue weighted by atomic mass is 9.96. The summed E-state index contributed by atoms with van der Waals surface area (Å²) < 4.78 is 16.8. The highest BCUT2D eigenvalue weighted by Gasteiger charge is 2.41. The normalized spacial score (nSPS) is 16.8. The molecular weight excluding hydrogens is 509 g/mol. The number of thiocarbonyl (C=S) groups is 1. The van der Waals surface area contributed by atoms with Crippen molar-refractivity contribution in [3.63, 3.8) is 0 Å². The molecule has 1 saturated heterocycles. The van der Waals surface area contributed by atoms with Crippen molar-refractivity contribution in [3.05, 3.63) is 113 Å². The Morgan fingerprint density at radius 1 is 1.05 bits per heavy atom. The summed E-state index contributed by atoms with van der Waals surface area (Å²) in [7, 11) is 0. The SMILES string of the molecule is Cc1ccc(C)c(NC(=O)CCN2C(=S)N[C@H](c3ccccn3)[C@@H]2c2cc(C)n(-c3ccccc3F)c2C)c1. The van der Waals surface area contributed by atoms with Crippen LogP contribution in [0.25, 0.3) is 5.69 Å². The molecule has 2 aromatic heterocycles. The minimum atomic E-state index is -0.285. The minimum absolute atomic E-state index is 0.0802. The van der Waals surface area contributed by atoms with Gasteiger partial charge in [-0.05, 0) is 93.0 Å². The molecule has 6 nitrogen and oxygen atoms in total. The number of nitrogens with one attached hydrogen (secondary N) is 2. The number of nitrogens with zero attached hydrogens (tertiary/aromatic N) is 3. The fraction of sp³-hybridized carbons (Fsp3) is 0.258. The van der Waals surface area contributed by atoms with Crippen LogP contribution in [0.3, 0.4) is 0 Å². The van der Waals surface area contributed by atoms with Crippen molar-refractivity contribution in [3.8, 4) is 5.69 Å². The lowest BCUT2D eigenvalue weighted by Crippen LogP contribution is -2.33. The molecule has 8 heteroatoms. The first-order valence-corrected chi connectivity index (χ1v) is 13.4. The van der Waals surface area contributed by atoms with Crippen LogP contribution in [0, 0.1) is 33.5 Å². The van der Waals surface area contributed by atoms with E-state index < -0.39 is 0 Å². The summed E-state index contributed by atoms with van der Waals surface area (Å²) in [6.07, 6.45) is 2.02. The highest BCUT2D eigenvalue weighted by atomic mass is 32.1. The highest BCUT2D eigenvalue weighted by Crippen LogP contribution is 2.41. The predicted octanol–water partition coefficient (Wildman–Crippen LogP) is 6.25. The van der Waals surface area contributed by atoms with Gasteiger partial charge in [-0.15, -0.1) is 0 Å². The Bertz CT molecular complexity index is 1530. The van der Waals surface area contributed by atoms with Crippen LogP contribution < -0.4 is 10.6 Å². The molecule has 1 aliphatic heterocycles. The van der Waals surface area contributed by atoms with Crippen LogP contribution in [0.5, 0.6) is 0 Å². The van der Waals surface area contributed by atoms with E-state index in [4.69, 9.17) is 12.2 Å². The average molecular weight is 542 g/mol. The standard InChI is InChI=1S/C31H32FN5OS/c1-19-12-13-20(2)26(17-19)34-28(38)14-16-36-30(29(35-31(36)39)25-10-7-8-15-33-25)23-18-21(3)37(22(23)4)27-11-6-5-9-24(27)32/h5-13,15,17-18,29-30H,14,16H2,1-4H3,(H,34,38)(H,35,39)/t29-,30+/m1/s1. The number of para-hydroxylation sites is 1. The van der Waals surface area contributed by atoms with Crippen molar-refractivity contribution < 1.29 is 9.18 Å². The topological polar surface area (TPSA) is 62.2 Å². The summed E-state index contributed by atoms with van der Waals surface area (Å²) in [5.74, 6) is -0.365. The van der Waals surface area contributed by atoms with E-state index in [2.05, 4.69) is 26.6 Å². The predicted molar refractivity (Wildman–Crippen MR) is 157 cm³/mol. The van der Waals surface area contributed by atoms with Crippen LogP contribution in [0.1, 0.15) is 52.3 Å². The monoisotopic (exact) mass is 541 g/mol. The Morgan fingerprint density at radius 2 is 1.82 bits per heavy atom. The number of hydrogen-bond acceptors (Lipinski definition) is 3. The third-order valence-corrected chi connectivity index (χ3v) is 7.68. The number of carbonyl (C=O) groups excluding carboxylic acids is 1. The molecule has 200 valence electrons. The molecule has 1 aliphatic rings. The molecule has 0 radical (unpaired) electrons. The van der Waals surface area contributed by atoms with Crippen molar-refractivity contribution in [2.24, 2.45) is 0 Å². The van der Waals surface area contributed by atoms with Gasteiger partial charge in [0.1, 0.15) is 5.82 Å². The summed E-state index contributed by atoms with van der Waals surface area (Å²) in [4.78, 5) is 19.7. The van der Waals surface area contributed by atoms with Gasteiger partial charge in [-0.2, -0.15) is 0 Å². The van der Waals surface area contributed by atoms with Gasteiger partial charge in [0.2, 0.25) is 5.91 Å². The molecule has 3 heterocycles. The maximum absolute atomic E-state index is 14.8. The maximum atomic E-state index is 14.8. The van der Waals surface area contributed by atoms with Gasteiger partial charge >= 0.3 is 0 Å². The first-order valence-electron chi connectivity index (χ1n) is 13.0. The lowest BCUT2D eigenvalue weighted by molar-refractivity contribution is -0.116. The van der Waals surface area contributed by atoms with E-state index in [1.165, 1.54) is 6.07 Å². The van der Waals surface area contributed by atoms with Gasteiger partial charge < -0.3 is 20.1 Å². The van der Waals surface area contributed by atoms with Crippen LogP contribution in [0.15, 0.2) is 72.9 Å². The van der Waals surface area contributed by atoms with E-state index in [9.17, 15) is 9.18 Å². The number of rotatable bonds is 7. The molecule has 2 atom stereocenters. The molecule has 4 aromatic rings. The smallest absolute Gasteiger partial charge is 0.226 e. The maximum Gasteiger partial charge on any atom is 0.226 e. The number of amides is 1. The Morgan fingerprint density at radius 3 is 2.56 bits per heavy atom. The second-order valence-electron chi connectivity index (χ2n) is 10.0. The average Bonchev–Trinajstić information content (AvgIpc) is 3.40. The van der Waals surface area contributed by atoms with Crippen LogP contribution in [-0.2, 0) is 4.79 Å². The number of halogens is 1. The Balaban J connectivity index is 1.48. The summed E-state index contributed by atoms with van der Waals surface area (Å²) in [5.41, 5.74) is 7.11. The number of anilines is 1. The van der Waals surface area contributed by atoms with Gasteiger partial charge in [0.25, 0.3) is 0 Å². The van der Waals surface area contributed by atoms with Crippen LogP contribution >= 0.6 is 12.2 Å². The molecule has 0 aliphatic carbocycles. The van der Waals surface area contributed by atoms with E-state index in [0.29, 0.717) is 17.3 Å². The summed E-state index contributed by atoms with van der Waals surface area (Å²) in [5, 5.41) is 7.06. The molecule has 1 fully saturated rings. The van der Waals surface area contributed by atoms with Gasteiger partial charge in [-0.1, -0.05) is 30.3 Å². The number of hydrogen-bond donors (Lipinski definition) is 2. The number of benzene rings is 2. The molecule has 39 heavy (non-hydrogen) atoms. The van der Waals surface area contributed by atoms with Crippen molar-refractivity contribution in [1.29, 1.82) is 0 Å². The zero-order valence-electron chi connectivity index (χ0n) is 22.5. The number of pyridine rings is 1. The highest BCUT2D eigenvalue weighted by molar-refractivity contribution is 7.80. The fourth-order valence-electron chi connectivity index (χ4n) is 5.38. The van der Waals surface area contributed by atoms with Crippen LogP contribution in [-0.4, -0.2) is 32.0 Å². The van der Waals surface area contributed by atoms with E-state index in [1.54, 1.807) is 18.3 Å². The molecule has 0 saturated carbocycles. The zero-order chi connectivity index (χ0) is 27.7. The van der Waals surface area contributed by atoms with E-state index >= 15 is 0 Å².